The second-order valence-electron chi connectivity index (χ2n) is 7.11. The Kier molecular flexibility index (Phi) is 6.20. The molecule has 0 aliphatic carbocycles. The molecule has 0 saturated carbocycles. The maximum absolute atomic E-state index is 13.6. The first-order valence-corrected chi connectivity index (χ1v) is 12.4. The molecule has 33 heavy (non-hydrogen) atoms. The van der Waals surface area contributed by atoms with Crippen LogP contribution in [0.15, 0.2) is 81.3 Å². The predicted octanol–water partition coefficient (Wildman–Crippen LogP) is 6.70. The first-order valence-electron chi connectivity index (χ1n) is 9.81. The van der Waals surface area contributed by atoms with Crippen LogP contribution in [0.2, 0.25) is 5.02 Å². The Morgan fingerprint density at radius 2 is 1.88 bits per heavy atom. The maximum atomic E-state index is 13.6. The van der Waals surface area contributed by atoms with Gasteiger partial charge in [0.1, 0.15) is 16.3 Å². The van der Waals surface area contributed by atoms with E-state index in [9.17, 15) is 9.18 Å². The summed E-state index contributed by atoms with van der Waals surface area (Å²) < 4.78 is 23.3. The molecule has 0 N–H and O–H groups in total. The van der Waals surface area contributed by atoms with Gasteiger partial charge >= 0.3 is 0 Å². The smallest absolute Gasteiger partial charge is 0.278 e. The average molecular weight is 516 g/mol. The zero-order valence-corrected chi connectivity index (χ0v) is 20.1. The van der Waals surface area contributed by atoms with Crippen LogP contribution < -0.4 is 5.56 Å². The highest BCUT2D eigenvalue weighted by molar-refractivity contribution is 7.98. The molecule has 0 atom stereocenters. The van der Waals surface area contributed by atoms with Crippen LogP contribution in [-0.2, 0) is 12.3 Å². The van der Waals surface area contributed by atoms with Gasteiger partial charge in [-0.3, -0.25) is 13.9 Å². The fourth-order valence-electron chi connectivity index (χ4n) is 3.32. The van der Waals surface area contributed by atoms with Gasteiger partial charge < -0.3 is 4.42 Å². The van der Waals surface area contributed by atoms with Crippen LogP contribution in [0.4, 0.5) is 4.39 Å². The Hall–Kier alpha value is -2.72. The number of nitrogens with zero attached hydrogens (tertiary/aromatic N) is 3. The standard InChI is InChI=1S/C23H15ClFN3O2S3/c24-15-5-3-14(4-6-15)13-32-22-26-20-19(21(29)28(22)17-9-7-16(25)8-10-17)33-23(31)27(20)12-18-2-1-11-30-18/h1-11H,12-13H2. The minimum absolute atomic E-state index is 0.250. The molecule has 5 aromatic rings. The highest BCUT2D eigenvalue weighted by Crippen LogP contribution is 2.28. The molecular formula is C23H15ClFN3O2S3. The molecule has 0 aliphatic rings. The Morgan fingerprint density at radius 3 is 2.58 bits per heavy atom. The Morgan fingerprint density at radius 1 is 1.12 bits per heavy atom. The van der Waals surface area contributed by atoms with E-state index in [0.29, 0.717) is 48.2 Å². The van der Waals surface area contributed by atoms with Gasteiger partial charge in [-0.15, -0.1) is 0 Å². The Labute approximate surface area is 206 Å². The van der Waals surface area contributed by atoms with Crippen LogP contribution in [0.1, 0.15) is 11.3 Å². The monoisotopic (exact) mass is 515 g/mol. The minimum atomic E-state index is -0.378. The number of benzene rings is 2. The molecule has 3 heterocycles. The first kappa shape index (κ1) is 22.1. The average Bonchev–Trinajstić information content (AvgIpc) is 3.43. The van der Waals surface area contributed by atoms with Crippen molar-refractivity contribution in [1.82, 2.24) is 14.1 Å². The van der Waals surface area contributed by atoms with Gasteiger partial charge in [0.2, 0.25) is 0 Å². The van der Waals surface area contributed by atoms with E-state index in [1.54, 1.807) is 29.0 Å². The lowest BCUT2D eigenvalue weighted by molar-refractivity contribution is 0.495. The van der Waals surface area contributed by atoms with E-state index in [-0.39, 0.29) is 11.4 Å². The summed E-state index contributed by atoms with van der Waals surface area (Å²) in [6.07, 6.45) is 1.59. The fraction of sp³-hybridized carbons (Fsp3) is 0.0870. The summed E-state index contributed by atoms with van der Waals surface area (Å²) in [7, 11) is 0. The molecular weight excluding hydrogens is 501 g/mol. The summed E-state index contributed by atoms with van der Waals surface area (Å²) in [6, 6.07) is 16.9. The molecule has 0 spiro atoms. The number of aromatic nitrogens is 3. The Balaban J connectivity index is 1.65. The van der Waals surface area contributed by atoms with Crippen molar-refractivity contribution in [3.05, 3.63) is 103 Å². The number of thiazole rings is 1. The van der Waals surface area contributed by atoms with E-state index in [2.05, 4.69) is 0 Å². The number of furan rings is 1. The molecule has 0 saturated heterocycles. The second kappa shape index (κ2) is 9.26. The molecule has 0 radical (unpaired) electrons. The first-order chi connectivity index (χ1) is 16.0. The van der Waals surface area contributed by atoms with Crippen LogP contribution in [0.25, 0.3) is 16.0 Å². The zero-order chi connectivity index (χ0) is 22.9. The largest absolute Gasteiger partial charge is 0.467 e. The van der Waals surface area contributed by atoms with Crippen LogP contribution in [0, 0.1) is 9.77 Å². The van der Waals surface area contributed by atoms with Crippen LogP contribution in [0.3, 0.4) is 0 Å². The predicted molar refractivity (Wildman–Crippen MR) is 133 cm³/mol. The van der Waals surface area contributed by atoms with Gasteiger partial charge in [0.05, 0.1) is 18.5 Å². The summed E-state index contributed by atoms with van der Waals surface area (Å²) >= 11 is 14.2. The van der Waals surface area contributed by atoms with Gasteiger partial charge in [-0.25, -0.2) is 9.37 Å². The molecule has 0 aliphatic heterocycles. The van der Waals surface area contributed by atoms with Crippen molar-refractivity contribution in [1.29, 1.82) is 0 Å². The molecule has 2 aromatic carbocycles. The van der Waals surface area contributed by atoms with Crippen LogP contribution >= 0.6 is 46.9 Å². The third-order valence-electron chi connectivity index (χ3n) is 4.92. The summed E-state index contributed by atoms with van der Waals surface area (Å²) in [5.41, 5.74) is 1.82. The van der Waals surface area contributed by atoms with Crippen molar-refractivity contribution >= 4 is 57.3 Å². The zero-order valence-electron chi connectivity index (χ0n) is 16.9. The van der Waals surface area contributed by atoms with Crippen molar-refractivity contribution in [2.45, 2.75) is 17.5 Å². The van der Waals surface area contributed by atoms with Gasteiger partial charge in [0.15, 0.2) is 14.8 Å². The third kappa shape index (κ3) is 4.54. The lowest BCUT2D eigenvalue weighted by Crippen LogP contribution is -2.21. The van der Waals surface area contributed by atoms with E-state index in [1.807, 2.05) is 30.3 Å². The number of thioether (sulfide) groups is 1. The molecule has 0 fully saturated rings. The summed E-state index contributed by atoms with van der Waals surface area (Å²) in [5.74, 6) is 0.904. The topological polar surface area (TPSA) is 53.0 Å². The molecule has 0 bridgehead atoms. The SMILES string of the molecule is O=c1c2sc(=S)n(Cc3ccco3)c2nc(SCc2ccc(Cl)cc2)n1-c1ccc(F)cc1. The lowest BCUT2D eigenvalue weighted by Gasteiger charge is -2.13. The van der Waals surface area contributed by atoms with Gasteiger partial charge in [-0.2, -0.15) is 0 Å². The summed E-state index contributed by atoms with van der Waals surface area (Å²) in [5, 5.41) is 1.14. The van der Waals surface area contributed by atoms with E-state index in [4.69, 9.17) is 33.2 Å². The lowest BCUT2D eigenvalue weighted by atomic mass is 10.2. The molecule has 0 unspecified atom stereocenters. The summed E-state index contributed by atoms with van der Waals surface area (Å²) in [6.45, 7) is 0.375. The number of rotatable bonds is 6. The summed E-state index contributed by atoms with van der Waals surface area (Å²) in [4.78, 5) is 18.4. The van der Waals surface area contributed by atoms with E-state index in [1.165, 1.54) is 39.8 Å². The van der Waals surface area contributed by atoms with E-state index >= 15 is 0 Å². The van der Waals surface area contributed by atoms with Gasteiger partial charge in [-0.05, 0) is 66.3 Å². The number of halogens is 2. The van der Waals surface area contributed by atoms with Crippen molar-refractivity contribution in [3.63, 3.8) is 0 Å². The van der Waals surface area contributed by atoms with Crippen LogP contribution in [0.5, 0.6) is 0 Å². The number of hydrogen-bond donors (Lipinski definition) is 0. The molecule has 166 valence electrons. The number of hydrogen-bond acceptors (Lipinski definition) is 6. The van der Waals surface area contributed by atoms with Crippen molar-refractivity contribution < 1.29 is 8.81 Å². The quantitative estimate of drug-likeness (QED) is 0.143. The molecule has 10 heteroatoms. The van der Waals surface area contributed by atoms with E-state index in [0.717, 1.165) is 5.56 Å². The molecule has 5 nitrogen and oxygen atoms in total. The normalized spacial score (nSPS) is 11.3. The minimum Gasteiger partial charge on any atom is -0.467 e. The highest BCUT2D eigenvalue weighted by Gasteiger charge is 2.19. The molecule has 5 rings (SSSR count). The van der Waals surface area contributed by atoms with Crippen LogP contribution in [-0.4, -0.2) is 14.1 Å². The molecule has 3 aromatic heterocycles. The van der Waals surface area contributed by atoms with Gasteiger partial charge in [-0.1, -0.05) is 46.8 Å². The van der Waals surface area contributed by atoms with Crippen molar-refractivity contribution in [2.24, 2.45) is 0 Å². The molecule has 0 amide bonds. The second-order valence-corrected chi connectivity index (χ2v) is 10.1. The van der Waals surface area contributed by atoms with Crippen molar-refractivity contribution in [3.8, 4) is 5.69 Å². The Bertz CT molecular complexity index is 1540. The highest BCUT2D eigenvalue weighted by atomic mass is 35.5. The number of fused-ring (bicyclic) bond motifs is 1. The van der Waals surface area contributed by atoms with Gasteiger partial charge in [0.25, 0.3) is 5.56 Å². The third-order valence-corrected chi connectivity index (χ3v) is 7.61. The maximum Gasteiger partial charge on any atom is 0.278 e. The van der Waals surface area contributed by atoms with Gasteiger partial charge in [0, 0.05) is 10.8 Å². The van der Waals surface area contributed by atoms with E-state index < -0.39 is 0 Å². The van der Waals surface area contributed by atoms with Crippen molar-refractivity contribution in [2.75, 3.05) is 0 Å². The fourth-order valence-corrected chi connectivity index (χ4v) is 5.66.